The summed E-state index contributed by atoms with van der Waals surface area (Å²) < 4.78 is 35.5. The van der Waals surface area contributed by atoms with Crippen LogP contribution < -0.4 is 14.4 Å². The highest BCUT2D eigenvalue weighted by Gasteiger charge is 2.17. The third-order valence-electron chi connectivity index (χ3n) is 3.23. The predicted octanol–water partition coefficient (Wildman–Crippen LogP) is 1.39. The number of nitrogens with zero attached hydrogens (tertiary/aromatic N) is 1. The summed E-state index contributed by atoms with van der Waals surface area (Å²) in [6, 6.07) is 6.86. The standard InChI is InChI=1S/C16H26N2O5S/c1-4-23-15-9-7-14(8-10-15)18(24(3,20)21)12-5-6-16(19)17-11-13-22-2/h7-10H,4-6,11-13H2,1-3H3,(H,17,19). The van der Waals surface area contributed by atoms with E-state index >= 15 is 0 Å². The average Bonchev–Trinajstić information content (AvgIpc) is 2.52. The van der Waals surface area contributed by atoms with Crippen molar-refractivity contribution in [2.45, 2.75) is 19.8 Å². The van der Waals surface area contributed by atoms with Gasteiger partial charge in [0.25, 0.3) is 0 Å². The van der Waals surface area contributed by atoms with Gasteiger partial charge in [-0.3, -0.25) is 9.10 Å². The van der Waals surface area contributed by atoms with Gasteiger partial charge >= 0.3 is 0 Å². The summed E-state index contributed by atoms with van der Waals surface area (Å²) in [7, 11) is -1.86. The number of methoxy groups -OCH3 is 1. The fourth-order valence-electron chi connectivity index (χ4n) is 2.13. The van der Waals surface area contributed by atoms with Gasteiger partial charge in [0, 0.05) is 26.6 Å². The van der Waals surface area contributed by atoms with Gasteiger partial charge in [0.15, 0.2) is 0 Å². The number of amides is 1. The van der Waals surface area contributed by atoms with E-state index in [-0.39, 0.29) is 18.9 Å². The molecule has 0 aliphatic rings. The van der Waals surface area contributed by atoms with E-state index in [1.54, 1.807) is 31.4 Å². The average molecular weight is 358 g/mol. The second-order valence-electron chi connectivity index (χ2n) is 5.21. The Kier molecular flexibility index (Phi) is 8.56. The zero-order chi connectivity index (χ0) is 18.0. The number of carbonyl (C=O) groups excluding carboxylic acids is 1. The minimum absolute atomic E-state index is 0.118. The molecule has 7 nitrogen and oxygen atoms in total. The molecule has 0 heterocycles. The van der Waals surface area contributed by atoms with Gasteiger partial charge in [-0.15, -0.1) is 0 Å². The molecular formula is C16H26N2O5S. The molecule has 0 atom stereocenters. The Bertz CT molecular complexity index is 601. The van der Waals surface area contributed by atoms with Crippen LogP contribution in [0.2, 0.25) is 0 Å². The molecular weight excluding hydrogens is 332 g/mol. The summed E-state index contributed by atoms with van der Waals surface area (Å²) in [5, 5.41) is 2.71. The van der Waals surface area contributed by atoms with E-state index in [0.29, 0.717) is 37.6 Å². The third kappa shape index (κ3) is 7.18. The number of carbonyl (C=O) groups is 1. The maximum Gasteiger partial charge on any atom is 0.232 e. The van der Waals surface area contributed by atoms with Crippen molar-refractivity contribution in [1.82, 2.24) is 5.32 Å². The van der Waals surface area contributed by atoms with E-state index in [0.717, 1.165) is 6.26 Å². The summed E-state index contributed by atoms with van der Waals surface area (Å²) in [5.41, 5.74) is 0.556. The molecule has 1 amide bonds. The van der Waals surface area contributed by atoms with Crippen LogP contribution in [0.15, 0.2) is 24.3 Å². The first-order valence-corrected chi connectivity index (χ1v) is 9.69. The number of anilines is 1. The smallest absolute Gasteiger partial charge is 0.232 e. The van der Waals surface area contributed by atoms with Crippen LogP contribution in [0.4, 0.5) is 5.69 Å². The van der Waals surface area contributed by atoms with E-state index < -0.39 is 10.0 Å². The van der Waals surface area contributed by atoms with E-state index in [1.165, 1.54) is 4.31 Å². The predicted molar refractivity (Wildman–Crippen MR) is 93.9 cm³/mol. The minimum atomic E-state index is -3.42. The molecule has 0 aliphatic carbocycles. The molecule has 1 rings (SSSR count). The molecule has 24 heavy (non-hydrogen) atoms. The summed E-state index contributed by atoms with van der Waals surface area (Å²) in [6.45, 7) is 3.57. The quantitative estimate of drug-likeness (QED) is 0.604. The Morgan fingerprint density at radius 2 is 1.92 bits per heavy atom. The molecule has 0 fully saturated rings. The molecule has 8 heteroatoms. The lowest BCUT2D eigenvalue weighted by Crippen LogP contribution is -2.32. The highest BCUT2D eigenvalue weighted by molar-refractivity contribution is 7.92. The summed E-state index contributed by atoms with van der Waals surface area (Å²) in [6.07, 6.45) is 1.84. The van der Waals surface area contributed by atoms with Crippen molar-refractivity contribution in [2.75, 3.05) is 44.0 Å². The Labute approximate surface area is 144 Å². The lowest BCUT2D eigenvalue weighted by molar-refractivity contribution is -0.121. The summed E-state index contributed by atoms with van der Waals surface area (Å²) in [5.74, 6) is 0.569. The van der Waals surface area contributed by atoms with Crippen LogP contribution in [0, 0.1) is 0 Å². The topological polar surface area (TPSA) is 84.9 Å². The van der Waals surface area contributed by atoms with Crippen LogP contribution >= 0.6 is 0 Å². The monoisotopic (exact) mass is 358 g/mol. The Morgan fingerprint density at radius 1 is 1.25 bits per heavy atom. The van der Waals surface area contributed by atoms with Crippen molar-refractivity contribution >= 4 is 21.6 Å². The molecule has 0 saturated heterocycles. The molecule has 1 N–H and O–H groups in total. The normalized spacial score (nSPS) is 11.1. The maximum absolute atomic E-state index is 12.0. The van der Waals surface area contributed by atoms with Crippen molar-refractivity contribution in [3.63, 3.8) is 0 Å². The summed E-state index contributed by atoms with van der Waals surface area (Å²) >= 11 is 0. The first-order valence-electron chi connectivity index (χ1n) is 7.84. The summed E-state index contributed by atoms with van der Waals surface area (Å²) in [4.78, 5) is 11.7. The van der Waals surface area contributed by atoms with E-state index in [1.807, 2.05) is 6.92 Å². The van der Waals surface area contributed by atoms with Crippen molar-refractivity contribution < 1.29 is 22.7 Å². The zero-order valence-corrected chi connectivity index (χ0v) is 15.3. The lowest BCUT2D eigenvalue weighted by Gasteiger charge is -2.22. The van der Waals surface area contributed by atoms with Crippen LogP contribution in [-0.4, -0.2) is 54.0 Å². The van der Waals surface area contributed by atoms with Gasteiger partial charge in [-0.25, -0.2) is 8.42 Å². The van der Waals surface area contributed by atoms with Gasteiger partial charge in [-0.05, 0) is 37.6 Å². The molecule has 0 aliphatic heterocycles. The number of rotatable bonds is 11. The van der Waals surface area contributed by atoms with Gasteiger partial charge in [0.1, 0.15) is 5.75 Å². The lowest BCUT2D eigenvalue weighted by atomic mass is 10.2. The maximum atomic E-state index is 12.0. The first kappa shape index (κ1) is 20.2. The largest absolute Gasteiger partial charge is 0.494 e. The molecule has 1 aromatic rings. The van der Waals surface area contributed by atoms with Crippen LogP contribution in [0.25, 0.3) is 0 Å². The van der Waals surface area contributed by atoms with Gasteiger partial charge in [-0.2, -0.15) is 0 Å². The molecule has 0 aromatic heterocycles. The van der Waals surface area contributed by atoms with E-state index in [4.69, 9.17) is 9.47 Å². The highest BCUT2D eigenvalue weighted by atomic mass is 32.2. The molecule has 0 spiro atoms. The minimum Gasteiger partial charge on any atom is -0.494 e. The third-order valence-corrected chi connectivity index (χ3v) is 4.42. The fraction of sp³-hybridized carbons (Fsp3) is 0.562. The molecule has 1 aromatic carbocycles. The van der Waals surface area contributed by atoms with Crippen molar-refractivity contribution in [2.24, 2.45) is 0 Å². The number of sulfonamides is 1. The molecule has 136 valence electrons. The number of ether oxygens (including phenoxy) is 2. The number of hydrogen-bond donors (Lipinski definition) is 1. The van der Waals surface area contributed by atoms with Crippen molar-refractivity contribution in [3.8, 4) is 5.75 Å². The molecule has 0 radical (unpaired) electrons. The van der Waals surface area contributed by atoms with Crippen LogP contribution in [-0.2, 0) is 19.6 Å². The highest BCUT2D eigenvalue weighted by Crippen LogP contribution is 2.22. The second-order valence-corrected chi connectivity index (χ2v) is 7.12. The Balaban J connectivity index is 2.62. The van der Waals surface area contributed by atoms with E-state index in [9.17, 15) is 13.2 Å². The number of benzene rings is 1. The van der Waals surface area contributed by atoms with Gasteiger partial charge < -0.3 is 14.8 Å². The molecule has 0 bridgehead atoms. The van der Waals surface area contributed by atoms with Crippen LogP contribution in [0.1, 0.15) is 19.8 Å². The van der Waals surface area contributed by atoms with Crippen molar-refractivity contribution in [1.29, 1.82) is 0 Å². The second kappa shape index (κ2) is 10.1. The van der Waals surface area contributed by atoms with Gasteiger partial charge in [0.05, 0.1) is 25.2 Å². The van der Waals surface area contributed by atoms with E-state index in [2.05, 4.69) is 5.32 Å². The van der Waals surface area contributed by atoms with Gasteiger partial charge in [0.2, 0.25) is 15.9 Å². The number of hydrogen-bond acceptors (Lipinski definition) is 5. The number of nitrogens with one attached hydrogen (secondary N) is 1. The first-order chi connectivity index (χ1) is 11.4. The fourth-order valence-corrected chi connectivity index (χ4v) is 3.09. The SMILES string of the molecule is CCOc1ccc(N(CCCC(=O)NCCOC)S(C)(=O)=O)cc1. The Morgan fingerprint density at radius 3 is 2.46 bits per heavy atom. The van der Waals surface area contributed by atoms with Crippen LogP contribution in [0.3, 0.4) is 0 Å². The van der Waals surface area contributed by atoms with Crippen LogP contribution in [0.5, 0.6) is 5.75 Å². The Hall–Kier alpha value is -1.80. The van der Waals surface area contributed by atoms with Crippen molar-refractivity contribution in [3.05, 3.63) is 24.3 Å². The molecule has 0 unspecified atom stereocenters. The zero-order valence-electron chi connectivity index (χ0n) is 14.4. The molecule has 0 saturated carbocycles. The van der Waals surface area contributed by atoms with Gasteiger partial charge in [-0.1, -0.05) is 0 Å².